The van der Waals surface area contributed by atoms with Gasteiger partial charge in [0, 0.05) is 51.1 Å². The van der Waals surface area contributed by atoms with E-state index in [2.05, 4.69) is 92.4 Å². The molecule has 1 aromatic rings. The van der Waals surface area contributed by atoms with Gasteiger partial charge in [-0.25, -0.2) is 4.79 Å². The molecule has 0 aliphatic carbocycles. The van der Waals surface area contributed by atoms with Crippen molar-refractivity contribution in [3.05, 3.63) is 35.9 Å². The standard InChI is InChI=1S/C91H144N24O28S2/c1-12-46(7)71(96)86(137)108-58(38-66(95)120)88(139)113-32-18-24-62(113)85(136)112-74(49(10)116)90(141)115-34-19-23-61(115)84(135)107-56(37-50-20-15-14-16-21-50)79(130)105-52(26-29-64(93)118)77(128)104-51(25-28-63(92)117)76(127)98-40-67(121)97-41-68(122)101-55(36-44(3)4)81(132)111-73(47(8)13-2)87(138)109-59(43-144)82(133)100-48(9)75(126)103-53(31-35-145-11)78(129)110-72(45(5)6)89(140)114-33-17-22-60(114)83(134)99-42-69(123)102-57(39-70(124)125)80(131)106-54(91(142)143)27-30-65(94)119/h14-16,20-21,44-49,51-62,71-74,116,144H,12-13,17-19,22-43,96H2,1-11H3,(H2,92,117)(H2,93,118)(H2,94,119)(H2,95,120)(H,97,121)(H,98,127)(H,99,134)(H,100,133)(H,101,122)(H,102,123)(H,103,126)(H,104,128)(H,105,130)(H,106,131)(H,107,135)(H,108,137)(H,109,138)(H,110,129)(H,111,132)(H,112,136)(H,124,125)(H,142,143)/t46-,47-,48-,49+,51-,52-,53-,54-,55-,56-,57-,58-,59-,60-,61-,62-,71-,72-,73-,74-/m0/s1. The number of thioether (sulfide) groups is 1. The van der Waals surface area contributed by atoms with E-state index in [1.807, 2.05) is 5.32 Å². The van der Waals surface area contributed by atoms with Crippen molar-refractivity contribution in [2.24, 2.45) is 52.3 Å². The summed E-state index contributed by atoms with van der Waals surface area (Å²) < 4.78 is 0. The van der Waals surface area contributed by atoms with Crippen LogP contribution in [0.3, 0.4) is 0 Å². The molecule has 0 bridgehead atoms. The summed E-state index contributed by atoms with van der Waals surface area (Å²) >= 11 is 5.59. The average molecular weight is 2090 g/mol. The van der Waals surface area contributed by atoms with Crippen LogP contribution in [0.5, 0.6) is 0 Å². The summed E-state index contributed by atoms with van der Waals surface area (Å²) in [6, 6.07) is -16.9. The summed E-state index contributed by atoms with van der Waals surface area (Å²) in [6.07, 6.45) is -3.27. The Morgan fingerprint density at radius 1 is 0.407 bits per heavy atom. The molecule has 3 aliphatic rings. The highest BCUT2D eigenvalue weighted by Crippen LogP contribution is 2.26. The first-order valence-electron chi connectivity index (χ1n) is 48.0. The highest BCUT2D eigenvalue weighted by atomic mass is 32.2. The van der Waals surface area contributed by atoms with Crippen LogP contribution in [0, 0.1) is 23.7 Å². The number of nitrogens with zero attached hydrogens (tertiary/aromatic N) is 3. The van der Waals surface area contributed by atoms with Crippen molar-refractivity contribution in [1.29, 1.82) is 0 Å². The number of primary amides is 4. The number of hydrogen-bond donors (Lipinski definition) is 25. The third-order valence-electron chi connectivity index (χ3n) is 24.5. The van der Waals surface area contributed by atoms with Gasteiger partial charge in [0.25, 0.3) is 0 Å². The first-order chi connectivity index (χ1) is 68.2. The minimum atomic E-state index is -1.84. The molecule has 3 heterocycles. The second-order valence-corrected chi connectivity index (χ2v) is 38.2. The van der Waals surface area contributed by atoms with Gasteiger partial charge in [-0.1, -0.05) is 98.6 Å². The van der Waals surface area contributed by atoms with Crippen molar-refractivity contribution in [3.8, 4) is 0 Å². The fraction of sp³-hybridized carbons (Fsp3) is 0.659. The fourth-order valence-electron chi connectivity index (χ4n) is 15.8. The second-order valence-electron chi connectivity index (χ2n) is 36.8. The van der Waals surface area contributed by atoms with E-state index in [4.69, 9.17) is 28.7 Å². The predicted molar refractivity (Wildman–Crippen MR) is 523 cm³/mol. The first kappa shape index (κ1) is 124. The van der Waals surface area contributed by atoms with Gasteiger partial charge in [0.2, 0.25) is 136 Å². The smallest absolute Gasteiger partial charge is 0.326 e. The minimum absolute atomic E-state index is 0.00315. The van der Waals surface area contributed by atoms with Crippen molar-refractivity contribution in [2.45, 2.75) is 300 Å². The molecule has 0 spiro atoms. The maximum absolute atomic E-state index is 14.7. The lowest BCUT2D eigenvalue weighted by Gasteiger charge is -2.33. The van der Waals surface area contributed by atoms with E-state index in [-0.39, 0.29) is 101 Å². The molecule has 52 nitrogen and oxygen atoms in total. The Balaban J connectivity index is 1.41. The number of carboxylic acid groups (broad SMARTS) is 2. The summed E-state index contributed by atoms with van der Waals surface area (Å²) in [7, 11) is 0. The molecular weight excluding hydrogens is 1940 g/mol. The molecule has 808 valence electrons. The van der Waals surface area contributed by atoms with Gasteiger partial charge in [0.05, 0.1) is 44.6 Å². The Labute approximate surface area is 848 Å². The van der Waals surface area contributed by atoms with Crippen LogP contribution >= 0.6 is 24.4 Å². The molecule has 145 heavy (non-hydrogen) atoms. The van der Waals surface area contributed by atoms with Crippen LogP contribution in [0.15, 0.2) is 30.3 Å². The molecule has 1 aromatic carbocycles. The minimum Gasteiger partial charge on any atom is -0.481 e. The van der Waals surface area contributed by atoms with Gasteiger partial charge in [-0.2, -0.15) is 24.4 Å². The number of benzene rings is 1. The molecule has 54 heteroatoms. The van der Waals surface area contributed by atoms with Crippen LogP contribution in [0.4, 0.5) is 0 Å². The SMILES string of the molecule is CC[C@H](C)[C@H](N)C(=O)N[C@@H](CC(N)=O)C(=O)N1CCC[C@H]1C(=O)N[C@H](C(=O)N1CCC[C@H]1C(=O)N[C@@H](Cc1ccccc1)C(=O)N[C@@H](CCC(N)=O)C(=O)N[C@@H](CCC(N)=O)C(=O)NCC(=O)NCC(=O)N[C@@H](CC(C)C)C(=O)N[C@H](C(=O)N[C@@H](CS)C(=O)N[C@@H](C)C(=O)N[C@@H](CCSC)C(=O)N[C@H](C(=O)N1CCC[C@H]1C(=O)NCC(=O)N[C@@H](CC(=O)O)C(=O)N[C@@H](CCC(N)=O)C(=O)O)C(C)C)[C@@H](C)CC)[C@@H](C)O. The van der Waals surface area contributed by atoms with Crippen LogP contribution in [-0.4, -0.2) is 344 Å². The van der Waals surface area contributed by atoms with Gasteiger partial charge in [-0.3, -0.25) is 115 Å². The number of carboxylic acids is 2. The van der Waals surface area contributed by atoms with E-state index >= 15 is 0 Å². The van der Waals surface area contributed by atoms with E-state index in [1.165, 1.54) is 30.5 Å². The van der Waals surface area contributed by atoms with Crippen molar-refractivity contribution in [2.75, 3.05) is 57.0 Å². The number of aliphatic carboxylic acids is 2. The molecule has 23 amide bonds. The van der Waals surface area contributed by atoms with Crippen LogP contribution in [-0.2, 0) is 126 Å². The maximum atomic E-state index is 14.7. The number of thiol groups is 1. The summed E-state index contributed by atoms with van der Waals surface area (Å²) in [5.41, 5.74) is 28.1. The number of carbonyl (C=O) groups is 25. The Bertz CT molecular complexity index is 4770. The zero-order valence-corrected chi connectivity index (χ0v) is 85.0. The second kappa shape index (κ2) is 61.7. The molecular formula is C91H144N24O28S2. The normalized spacial score (nSPS) is 17.8. The molecule has 3 fully saturated rings. The molecule has 0 radical (unpaired) electrons. The quantitative estimate of drug-likeness (QED) is 0.0269. The Hall–Kier alpha value is -13.4. The number of nitrogens with one attached hydrogen (secondary N) is 16. The van der Waals surface area contributed by atoms with Gasteiger partial charge < -0.3 is 144 Å². The van der Waals surface area contributed by atoms with Crippen LogP contribution < -0.4 is 114 Å². The van der Waals surface area contributed by atoms with Gasteiger partial charge in [-0.15, -0.1) is 0 Å². The number of aliphatic hydroxyl groups is 1. The molecule has 29 N–H and O–H groups in total. The molecule has 20 atom stereocenters. The largest absolute Gasteiger partial charge is 0.481 e. The predicted octanol–water partition coefficient (Wildman–Crippen LogP) is -8.71. The van der Waals surface area contributed by atoms with Crippen molar-refractivity contribution < 1.29 is 135 Å². The number of nitrogens with two attached hydrogens (primary N) is 5. The zero-order valence-electron chi connectivity index (χ0n) is 83.3. The summed E-state index contributed by atoms with van der Waals surface area (Å²) in [6.45, 7) is 13.3. The summed E-state index contributed by atoms with van der Waals surface area (Å²) in [5.74, 6) is -26.8. The van der Waals surface area contributed by atoms with E-state index in [1.54, 1.807) is 92.0 Å². The lowest BCUT2D eigenvalue weighted by Crippen LogP contribution is -2.61. The fourth-order valence-corrected chi connectivity index (χ4v) is 16.6. The topological polar surface area (TPSA) is 820 Å². The number of amides is 23. The number of likely N-dealkylation sites (tertiary alicyclic amines) is 3. The molecule has 0 saturated carbocycles. The Morgan fingerprint density at radius 2 is 0.834 bits per heavy atom. The zero-order chi connectivity index (χ0) is 109. The van der Waals surface area contributed by atoms with E-state index < -0.39 is 339 Å². The van der Waals surface area contributed by atoms with E-state index in [9.17, 15) is 135 Å². The number of hydrogen-bond acceptors (Lipinski definition) is 29. The summed E-state index contributed by atoms with van der Waals surface area (Å²) in [4.78, 5) is 340. The van der Waals surface area contributed by atoms with Crippen molar-refractivity contribution in [3.63, 3.8) is 0 Å². The molecule has 3 aliphatic heterocycles. The van der Waals surface area contributed by atoms with Crippen molar-refractivity contribution >= 4 is 172 Å². The van der Waals surface area contributed by atoms with Crippen LogP contribution in [0.1, 0.15) is 190 Å². The lowest BCUT2D eigenvalue weighted by atomic mass is 9.96. The summed E-state index contributed by atoms with van der Waals surface area (Å²) in [5, 5.41) is 69.1. The molecule has 0 aromatic heterocycles. The van der Waals surface area contributed by atoms with Gasteiger partial charge >= 0.3 is 11.9 Å². The van der Waals surface area contributed by atoms with Gasteiger partial charge in [0.15, 0.2) is 0 Å². The Morgan fingerprint density at radius 3 is 1.33 bits per heavy atom. The van der Waals surface area contributed by atoms with Crippen molar-refractivity contribution in [1.82, 2.24) is 99.8 Å². The van der Waals surface area contributed by atoms with Gasteiger partial charge in [0.1, 0.15) is 96.7 Å². The third-order valence-corrected chi connectivity index (χ3v) is 25.5. The number of rotatable bonds is 63. The molecule has 4 rings (SSSR count). The average Bonchev–Trinajstić information content (AvgIpc) is 1.61. The number of carbonyl (C=O) groups excluding carboxylic acids is 23. The van der Waals surface area contributed by atoms with Crippen LogP contribution in [0.25, 0.3) is 0 Å². The Kier molecular flexibility index (Phi) is 52.7. The molecule has 0 unspecified atom stereocenters. The number of aliphatic hydroxyl groups excluding tert-OH is 1. The van der Waals surface area contributed by atoms with E-state index in [0.29, 0.717) is 18.4 Å². The monoisotopic (exact) mass is 2090 g/mol. The molecule has 3 saturated heterocycles. The highest BCUT2D eigenvalue weighted by molar-refractivity contribution is 7.98. The highest BCUT2D eigenvalue weighted by Gasteiger charge is 2.47. The first-order valence-corrected chi connectivity index (χ1v) is 50.0. The lowest BCUT2D eigenvalue weighted by molar-refractivity contribution is -0.146. The van der Waals surface area contributed by atoms with Gasteiger partial charge in [-0.05, 0) is 126 Å². The van der Waals surface area contributed by atoms with Crippen LogP contribution in [0.2, 0.25) is 0 Å². The maximum Gasteiger partial charge on any atom is 0.326 e. The van der Waals surface area contributed by atoms with E-state index in [0.717, 1.165) is 9.80 Å². The third kappa shape index (κ3) is 41.3.